The van der Waals surface area contributed by atoms with E-state index in [0.29, 0.717) is 6.42 Å². The Morgan fingerprint density at radius 3 is 2.55 bits per heavy atom. The van der Waals surface area contributed by atoms with Gasteiger partial charge in [0.1, 0.15) is 11.4 Å². The summed E-state index contributed by atoms with van der Waals surface area (Å²) in [6.45, 7) is 2.13. The highest BCUT2D eigenvalue weighted by atomic mass is 16.5. The Balaban J connectivity index is 1.91. The zero-order valence-electron chi connectivity index (χ0n) is 11.8. The van der Waals surface area contributed by atoms with Gasteiger partial charge in [-0.3, -0.25) is 0 Å². The van der Waals surface area contributed by atoms with Crippen molar-refractivity contribution >= 4 is 0 Å². The average molecular weight is 268 g/mol. The van der Waals surface area contributed by atoms with E-state index in [1.807, 2.05) is 42.5 Å². The summed E-state index contributed by atoms with van der Waals surface area (Å²) in [7, 11) is 0. The molecule has 0 bridgehead atoms. The van der Waals surface area contributed by atoms with Gasteiger partial charge in [-0.05, 0) is 18.1 Å². The van der Waals surface area contributed by atoms with Crippen LogP contribution in [0.25, 0.3) is 0 Å². The van der Waals surface area contributed by atoms with Crippen molar-refractivity contribution in [3.05, 3.63) is 65.7 Å². The molecular formula is C18H20O2. The van der Waals surface area contributed by atoms with Gasteiger partial charge in [-0.2, -0.15) is 0 Å². The fourth-order valence-electron chi connectivity index (χ4n) is 3.00. The van der Waals surface area contributed by atoms with Gasteiger partial charge in [0, 0.05) is 18.4 Å². The van der Waals surface area contributed by atoms with E-state index in [1.165, 1.54) is 5.56 Å². The van der Waals surface area contributed by atoms with Crippen LogP contribution in [-0.4, -0.2) is 10.7 Å². The number of fused-ring (bicyclic) bond motifs is 1. The molecule has 2 aromatic rings. The molecular weight excluding hydrogens is 248 g/mol. The Kier molecular flexibility index (Phi) is 3.49. The van der Waals surface area contributed by atoms with Crippen molar-refractivity contribution in [2.45, 2.75) is 37.9 Å². The van der Waals surface area contributed by atoms with E-state index in [0.717, 1.165) is 24.2 Å². The maximum atomic E-state index is 10.4. The van der Waals surface area contributed by atoms with Crippen molar-refractivity contribution in [3.63, 3.8) is 0 Å². The third-order valence-electron chi connectivity index (χ3n) is 4.18. The molecule has 0 saturated heterocycles. The summed E-state index contributed by atoms with van der Waals surface area (Å²) in [5.41, 5.74) is 1.85. The van der Waals surface area contributed by atoms with Crippen LogP contribution in [0.15, 0.2) is 54.6 Å². The predicted octanol–water partition coefficient (Wildman–Crippen LogP) is 3.89. The molecule has 2 aromatic carbocycles. The van der Waals surface area contributed by atoms with Gasteiger partial charge in [0.25, 0.3) is 0 Å². The molecule has 0 aromatic heterocycles. The first-order valence-electron chi connectivity index (χ1n) is 7.22. The molecule has 3 rings (SSSR count). The van der Waals surface area contributed by atoms with Gasteiger partial charge in [0.05, 0.1) is 6.10 Å². The van der Waals surface area contributed by atoms with Crippen LogP contribution < -0.4 is 4.74 Å². The smallest absolute Gasteiger partial charge is 0.125 e. The standard InChI is InChI=1S/C18H20O2/c1-2-18(12-14-8-4-3-5-9-14)13-16(19)15-10-6-7-11-17(15)20-18/h3-11,16,19H,2,12-13H2,1H3. The predicted molar refractivity (Wildman–Crippen MR) is 79.8 cm³/mol. The van der Waals surface area contributed by atoms with Crippen molar-refractivity contribution in [2.24, 2.45) is 0 Å². The maximum Gasteiger partial charge on any atom is 0.125 e. The first-order chi connectivity index (χ1) is 9.72. The van der Waals surface area contributed by atoms with E-state index in [2.05, 4.69) is 19.1 Å². The first-order valence-corrected chi connectivity index (χ1v) is 7.22. The summed E-state index contributed by atoms with van der Waals surface area (Å²) in [4.78, 5) is 0. The lowest BCUT2D eigenvalue weighted by molar-refractivity contribution is -0.0167. The fourth-order valence-corrected chi connectivity index (χ4v) is 3.00. The van der Waals surface area contributed by atoms with Gasteiger partial charge in [-0.15, -0.1) is 0 Å². The normalized spacial score (nSPS) is 24.8. The van der Waals surface area contributed by atoms with Gasteiger partial charge >= 0.3 is 0 Å². The van der Waals surface area contributed by atoms with Crippen LogP contribution in [0.4, 0.5) is 0 Å². The number of aliphatic hydroxyl groups excluding tert-OH is 1. The number of hydrogen-bond donors (Lipinski definition) is 1. The number of rotatable bonds is 3. The topological polar surface area (TPSA) is 29.5 Å². The third-order valence-corrected chi connectivity index (χ3v) is 4.18. The second kappa shape index (κ2) is 5.29. The Labute approximate surface area is 120 Å². The third kappa shape index (κ3) is 2.44. The maximum absolute atomic E-state index is 10.4. The van der Waals surface area contributed by atoms with Gasteiger partial charge in [-0.1, -0.05) is 55.5 Å². The van der Waals surface area contributed by atoms with E-state index in [9.17, 15) is 5.11 Å². The highest BCUT2D eigenvalue weighted by Gasteiger charge is 2.39. The van der Waals surface area contributed by atoms with Crippen LogP contribution in [-0.2, 0) is 6.42 Å². The quantitative estimate of drug-likeness (QED) is 0.915. The van der Waals surface area contributed by atoms with Gasteiger partial charge in [0.2, 0.25) is 0 Å². The molecule has 2 heteroatoms. The zero-order valence-corrected chi connectivity index (χ0v) is 11.8. The summed E-state index contributed by atoms with van der Waals surface area (Å²) >= 11 is 0. The minimum absolute atomic E-state index is 0.310. The Morgan fingerprint density at radius 1 is 1.10 bits per heavy atom. The van der Waals surface area contributed by atoms with Crippen LogP contribution >= 0.6 is 0 Å². The van der Waals surface area contributed by atoms with Gasteiger partial charge < -0.3 is 9.84 Å². The number of hydrogen-bond acceptors (Lipinski definition) is 2. The van der Waals surface area contributed by atoms with E-state index >= 15 is 0 Å². The molecule has 20 heavy (non-hydrogen) atoms. The van der Waals surface area contributed by atoms with E-state index in [1.54, 1.807) is 0 Å². The summed E-state index contributed by atoms with van der Waals surface area (Å²) in [5, 5.41) is 10.4. The van der Waals surface area contributed by atoms with Crippen LogP contribution in [0.5, 0.6) is 5.75 Å². The SMILES string of the molecule is CCC1(Cc2ccccc2)CC(O)c2ccccc2O1. The molecule has 0 fully saturated rings. The lowest BCUT2D eigenvalue weighted by Gasteiger charge is -2.40. The highest BCUT2D eigenvalue weighted by molar-refractivity contribution is 5.38. The van der Waals surface area contributed by atoms with Crippen LogP contribution in [0.2, 0.25) is 0 Å². The summed E-state index contributed by atoms with van der Waals surface area (Å²) in [6.07, 6.45) is 1.92. The van der Waals surface area contributed by atoms with Gasteiger partial charge in [-0.25, -0.2) is 0 Å². The molecule has 0 amide bonds. The largest absolute Gasteiger partial charge is 0.486 e. The number of para-hydroxylation sites is 1. The van der Waals surface area contributed by atoms with Gasteiger partial charge in [0.15, 0.2) is 0 Å². The molecule has 2 nitrogen and oxygen atoms in total. The Morgan fingerprint density at radius 2 is 1.80 bits per heavy atom. The van der Waals surface area contributed by atoms with Crippen LogP contribution in [0, 0.1) is 0 Å². The lowest BCUT2D eigenvalue weighted by atomic mass is 9.82. The number of aliphatic hydroxyl groups is 1. The zero-order chi connectivity index (χ0) is 14.0. The molecule has 0 aliphatic carbocycles. The fraction of sp³-hybridized carbons (Fsp3) is 0.333. The van der Waals surface area contributed by atoms with Crippen molar-refractivity contribution in [2.75, 3.05) is 0 Å². The molecule has 0 saturated carbocycles. The first kappa shape index (κ1) is 13.2. The van der Waals surface area contributed by atoms with E-state index in [-0.39, 0.29) is 5.60 Å². The lowest BCUT2D eigenvalue weighted by Crippen LogP contribution is -2.42. The Hall–Kier alpha value is -1.80. The van der Waals surface area contributed by atoms with Crippen molar-refractivity contribution in [1.82, 2.24) is 0 Å². The molecule has 1 aliphatic rings. The molecule has 0 radical (unpaired) electrons. The van der Waals surface area contributed by atoms with E-state index < -0.39 is 6.10 Å². The van der Waals surface area contributed by atoms with Crippen molar-refractivity contribution in [1.29, 1.82) is 0 Å². The van der Waals surface area contributed by atoms with Crippen molar-refractivity contribution in [3.8, 4) is 5.75 Å². The monoisotopic (exact) mass is 268 g/mol. The van der Waals surface area contributed by atoms with Crippen LogP contribution in [0.1, 0.15) is 37.0 Å². The molecule has 2 atom stereocenters. The Bertz CT molecular complexity index is 579. The summed E-state index contributed by atoms with van der Waals surface area (Å²) in [6, 6.07) is 18.2. The van der Waals surface area contributed by atoms with Crippen molar-refractivity contribution < 1.29 is 9.84 Å². The minimum atomic E-state index is -0.441. The highest BCUT2D eigenvalue weighted by Crippen LogP contribution is 2.42. The molecule has 1 heterocycles. The second-order valence-electron chi connectivity index (χ2n) is 5.56. The molecule has 1 aliphatic heterocycles. The average Bonchev–Trinajstić information content (AvgIpc) is 2.48. The number of benzene rings is 2. The summed E-state index contributed by atoms with van der Waals surface area (Å²) in [5.74, 6) is 0.823. The van der Waals surface area contributed by atoms with Crippen LogP contribution in [0.3, 0.4) is 0 Å². The number of ether oxygens (including phenoxy) is 1. The second-order valence-corrected chi connectivity index (χ2v) is 5.56. The van der Waals surface area contributed by atoms with E-state index in [4.69, 9.17) is 4.74 Å². The minimum Gasteiger partial charge on any atom is -0.486 e. The molecule has 1 N–H and O–H groups in total. The molecule has 0 spiro atoms. The summed E-state index contributed by atoms with van der Waals surface area (Å²) < 4.78 is 6.28. The molecule has 104 valence electrons. The molecule has 2 unspecified atom stereocenters.